The van der Waals surface area contributed by atoms with Gasteiger partial charge in [-0.25, -0.2) is 8.42 Å². The zero-order valence-electron chi connectivity index (χ0n) is 9.23. The van der Waals surface area contributed by atoms with Crippen LogP contribution >= 0.6 is 11.6 Å². The van der Waals surface area contributed by atoms with E-state index in [0.29, 0.717) is 11.4 Å². The maximum Gasteiger partial charge on any atom is 0.151 e. The lowest BCUT2D eigenvalue weighted by Crippen LogP contribution is -2.18. The zero-order chi connectivity index (χ0) is 12.5. The summed E-state index contributed by atoms with van der Waals surface area (Å²) in [4.78, 5) is 11.9. The minimum absolute atomic E-state index is 0.00368. The Balaban J connectivity index is 2.06. The number of hydrogen-bond acceptors (Lipinski definition) is 3. The highest BCUT2D eigenvalue weighted by molar-refractivity contribution is 7.91. The quantitative estimate of drug-likeness (QED) is 0.844. The molecule has 1 aromatic carbocycles. The first-order valence-corrected chi connectivity index (χ1v) is 7.64. The molecule has 92 valence electrons. The smallest absolute Gasteiger partial charge is 0.151 e. The highest BCUT2D eigenvalue weighted by Gasteiger charge is 2.32. The number of halogens is 1. The maximum atomic E-state index is 11.9. The number of hydrogen-bond donors (Lipinski definition) is 0. The highest BCUT2D eigenvalue weighted by Crippen LogP contribution is 2.23. The lowest BCUT2D eigenvalue weighted by molar-refractivity contribution is -0.121. The average Bonchev–Trinajstić information content (AvgIpc) is 2.62. The fraction of sp³-hybridized carbons (Fsp3) is 0.417. The van der Waals surface area contributed by atoms with Crippen LogP contribution in [0.4, 0.5) is 0 Å². The van der Waals surface area contributed by atoms with Gasteiger partial charge in [-0.15, -0.1) is 0 Å². The van der Waals surface area contributed by atoms with Crippen molar-refractivity contribution in [3.63, 3.8) is 0 Å². The van der Waals surface area contributed by atoms with Gasteiger partial charge in [0.15, 0.2) is 9.84 Å². The molecule has 1 heterocycles. The molecular formula is C12H13ClO3S. The normalized spacial score (nSPS) is 22.5. The summed E-state index contributed by atoms with van der Waals surface area (Å²) < 4.78 is 22.6. The van der Waals surface area contributed by atoms with Crippen LogP contribution in [0.3, 0.4) is 0 Å². The minimum Gasteiger partial charge on any atom is -0.299 e. The largest absolute Gasteiger partial charge is 0.299 e. The van der Waals surface area contributed by atoms with Gasteiger partial charge in [0.1, 0.15) is 5.78 Å². The fourth-order valence-electron chi connectivity index (χ4n) is 2.02. The van der Waals surface area contributed by atoms with E-state index < -0.39 is 9.84 Å². The molecule has 17 heavy (non-hydrogen) atoms. The summed E-state index contributed by atoms with van der Waals surface area (Å²) in [6.45, 7) is 0. The average molecular weight is 273 g/mol. The van der Waals surface area contributed by atoms with Gasteiger partial charge in [-0.2, -0.15) is 0 Å². The third-order valence-corrected chi connectivity index (χ3v) is 5.15. The highest BCUT2D eigenvalue weighted by atomic mass is 35.5. The van der Waals surface area contributed by atoms with E-state index in [1.54, 1.807) is 18.2 Å². The van der Waals surface area contributed by atoms with Gasteiger partial charge in [0.2, 0.25) is 0 Å². The number of Topliss-reactive ketones (excluding diaryl/α,β-unsaturated/α-hetero) is 1. The third-order valence-electron chi connectivity index (χ3n) is 3.01. The van der Waals surface area contributed by atoms with Crippen LogP contribution in [0.1, 0.15) is 12.0 Å². The van der Waals surface area contributed by atoms with Gasteiger partial charge in [-0.1, -0.05) is 29.8 Å². The molecule has 0 amide bonds. The van der Waals surface area contributed by atoms with E-state index in [4.69, 9.17) is 11.6 Å². The van der Waals surface area contributed by atoms with Gasteiger partial charge >= 0.3 is 0 Å². The van der Waals surface area contributed by atoms with Crippen molar-refractivity contribution in [2.24, 2.45) is 5.92 Å². The topological polar surface area (TPSA) is 51.2 Å². The summed E-state index contributed by atoms with van der Waals surface area (Å²) in [5.41, 5.74) is 0.767. The molecule has 5 heteroatoms. The summed E-state index contributed by atoms with van der Waals surface area (Å²) in [5, 5.41) is 0.557. The van der Waals surface area contributed by atoms with Crippen LogP contribution in [0.15, 0.2) is 24.3 Å². The Bertz CT molecular complexity index is 536. The SMILES string of the molecule is O=C(Cc1ccccc1Cl)C1CCS(=O)(=O)C1. The van der Waals surface area contributed by atoms with E-state index >= 15 is 0 Å². The number of benzene rings is 1. The summed E-state index contributed by atoms with van der Waals surface area (Å²) in [7, 11) is -3.00. The molecule has 1 aliphatic heterocycles. The zero-order valence-corrected chi connectivity index (χ0v) is 10.8. The molecule has 0 radical (unpaired) electrons. The molecule has 0 aromatic heterocycles. The monoisotopic (exact) mass is 272 g/mol. The molecule has 1 aromatic rings. The summed E-state index contributed by atoms with van der Waals surface area (Å²) in [5.74, 6) is -0.252. The van der Waals surface area contributed by atoms with Crippen molar-refractivity contribution in [2.45, 2.75) is 12.8 Å². The first kappa shape index (κ1) is 12.6. The van der Waals surface area contributed by atoms with Crippen LogP contribution in [0.5, 0.6) is 0 Å². The van der Waals surface area contributed by atoms with E-state index in [1.807, 2.05) is 6.07 Å². The van der Waals surface area contributed by atoms with Crippen molar-refractivity contribution < 1.29 is 13.2 Å². The molecule has 0 bridgehead atoms. The minimum atomic E-state index is -3.00. The van der Waals surface area contributed by atoms with Crippen molar-refractivity contribution in [1.82, 2.24) is 0 Å². The van der Waals surface area contributed by atoms with E-state index in [2.05, 4.69) is 0 Å². The van der Waals surface area contributed by atoms with Crippen LogP contribution < -0.4 is 0 Å². The Labute approximate surface area is 106 Å². The third kappa shape index (κ3) is 3.07. The predicted octanol–water partition coefficient (Wildman–Crippen LogP) is 1.89. The number of carbonyl (C=O) groups is 1. The molecule has 0 aliphatic carbocycles. The number of ketones is 1. The molecule has 2 rings (SSSR count). The second-order valence-corrected chi connectivity index (χ2v) is 6.97. The Kier molecular flexibility index (Phi) is 3.54. The van der Waals surface area contributed by atoms with Gasteiger partial charge in [0.25, 0.3) is 0 Å². The molecule has 1 fully saturated rings. The van der Waals surface area contributed by atoms with Crippen molar-refractivity contribution >= 4 is 27.2 Å². The van der Waals surface area contributed by atoms with Crippen molar-refractivity contribution in [3.05, 3.63) is 34.9 Å². The van der Waals surface area contributed by atoms with Crippen molar-refractivity contribution in [1.29, 1.82) is 0 Å². The Morgan fingerprint density at radius 1 is 1.35 bits per heavy atom. The van der Waals surface area contributed by atoms with Gasteiger partial charge < -0.3 is 0 Å². The van der Waals surface area contributed by atoms with Crippen LogP contribution in [0.2, 0.25) is 5.02 Å². The molecule has 1 atom stereocenters. The lowest BCUT2D eigenvalue weighted by Gasteiger charge is -2.07. The molecule has 3 nitrogen and oxygen atoms in total. The Morgan fingerprint density at radius 2 is 2.06 bits per heavy atom. The van der Waals surface area contributed by atoms with Gasteiger partial charge in [0.05, 0.1) is 11.5 Å². The molecular weight excluding hydrogens is 260 g/mol. The second kappa shape index (κ2) is 4.78. The van der Waals surface area contributed by atoms with Crippen molar-refractivity contribution in [2.75, 3.05) is 11.5 Å². The molecule has 0 N–H and O–H groups in total. The lowest BCUT2D eigenvalue weighted by atomic mass is 9.97. The molecule has 1 unspecified atom stereocenters. The number of rotatable bonds is 3. The predicted molar refractivity (Wildman–Crippen MR) is 66.9 cm³/mol. The van der Waals surface area contributed by atoms with E-state index in [1.165, 1.54) is 0 Å². The first-order valence-electron chi connectivity index (χ1n) is 5.44. The number of carbonyl (C=O) groups excluding carboxylic acids is 1. The molecule has 0 spiro atoms. The van der Waals surface area contributed by atoms with Crippen LogP contribution in [0, 0.1) is 5.92 Å². The van der Waals surface area contributed by atoms with E-state index in [9.17, 15) is 13.2 Å². The fourth-order valence-corrected chi connectivity index (χ4v) is 4.00. The first-order chi connectivity index (χ1) is 7.98. The van der Waals surface area contributed by atoms with Crippen LogP contribution in [-0.2, 0) is 21.1 Å². The van der Waals surface area contributed by atoms with Crippen molar-refractivity contribution in [3.8, 4) is 0 Å². The van der Waals surface area contributed by atoms with E-state index in [-0.39, 0.29) is 29.6 Å². The van der Waals surface area contributed by atoms with Crippen LogP contribution in [0.25, 0.3) is 0 Å². The summed E-state index contributed by atoms with van der Waals surface area (Å²) >= 11 is 5.96. The Hall–Kier alpha value is -0.870. The maximum absolute atomic E-state index is 11.9. The van der Waals surface area contributed by atoms with Gasteiger partial charge in [-0.05, 0) is 18.1 Å². The summed E-state index contributed by atoms with van der Waals surface area (Å²) in [6, 6.07) is 7.15. The van der Waals surface area contributed by atoms with Gasteiger partial charge in [0, 0.05) is 17.4 Å². The summed E-state index contributed by atoms with van der Waals surface area (Å²) in [6.07, 6.45) is 0.672. The number of sulfone groups is 1. The van der Waals surface area contributed by atoms with Crippen LogP contribution in [-0.4, -0.2) is 25.7 Å². The molecule has 1 saturated heterocycles. The molecule has 0 saturated carbocycles. The second-order valence-electron chi connectivity index (χ2n) is 4.33. The van der Waals surface area contributed by atoms with Gasteiger partial charge in [-0.3, -0.25) is 4.79 Å². The molecule has 1 aliphatic rings. The standard InChI is InChI=1S/C12H13ClO3S/c13-11-4-2-1-3-9(11)7-12(14)10-5-6-17(15,16)8-10/h1-4,10H,5-8H2. The Morgan fingerprint density at radius 3 is 2.65 bits per heavy atom. The van der Waals surface area contributed by atoms with E-state index in [0.717, 1.165) is 5.56 Å².